The van der Waals surface area contributed by atoms with Crippen molar-refractivity contribution in [2.24, 2.45) is 16.1 Å². The summed E-state index contributed by atoms with van der Waals surface area (Å²) in [5.41, 5.74) is 5.84. The summed E-state index contributed by atoms with van der Waals surface area (Å²) in [7, 11) is 1.64. The van der Waals surface area contributed by atoms with Crippen molar-refractivity contribution in [3.05, 3.63) is 29.8 Å². The number of aliphatic imine (C=N–C) groups is 1. The van der Waals surface area contributed by atoms with Crippen LogP contribution in [0.4, 0.5) is 0 Å². The molecule has 0 fully saturated rings. The highest BCUT2D eigenvalue weighted by atomic mass is 127. The summed E-state index contributed by atoms with van der Waals surface area (Å²) < 4.78 is 10.5. The van der Waals surface area contributed by atoms with Crippen LogP contribution in [0, 0.1) is 5.41 Å². The van der Waals surface area contributed by atoms with Gasteiger partial charge in [-0.25, -0.2) is 4.99 Å². The van der Waals surface area contributed by atoms with Crippen LogP contribution in [0.3, 0.4) is 0 Å². The zero-order valence-electron chi connectivity index (χ0n) is 16.7. The molecule has 0 aliphatic heterocycles. The number of guanidine groups is 1. The second-order valence-electron chi connectivity index (χ2n) is 6.59. The average Bonchev–Trinajstić information content (AvgIpc) is 2.63. The quantitative estimate of drug-likeness (QED) is 0.191. The fraction of sp³-hybridized carbons (Fsp3) is 0.579. The molecule has 1 aromatic carbocycles. The van der Waals surface area contributed by atoms with Crippen LogP contribution in [-0.4, -0.2) is 45.3 Å². The number of primary amides is 1. The molecule has 0 heterocycles. The molecule has 0 unspecified atom stereocenters. The monoisotopic (exact) mass is 492 g/mol. The molecule has 1 aromatic rings. The number of nitrogens with zero attached hydrogens (tertiary/aromatic N) is 1. The Hall–Kier alpha value is -1.55. The van der Waals surface area contributed by atoms with Crippen LogP contribution >= 0.6 is 24.0 Å². The van der Waals surface area contributed by atoms with E-state index in [-0.39, 0.29) is 29.9 Å². The first-order valence-electron chi connectivity index (χ1n) is 8.92. The third-order valence-corrected chi connectivity index (χ3v) is 3.91. The number of amides is 1. The van der Waals surface area contributed by atoms with Gasteiger partial charge in [0.05, 0.1) is 19.1 Å². The highest BCUT2D eigenvalue weighted by molar-refractivity contribution is 14.0. The molecule has 1 rings (SSSR count). The Balaban J connectivity index is 0.00000676. The molecule has 8 heteroatoms. The van der Waals surface area contributed by atoms with E-state index in [1.807, 2.05) is 31.2 Å². The van der Waals surface area contributed by atoms with Crippen LogP contribution in [0.1, 0.15) is 32.8 Å². The highest BCUT2D eigenvalue weighted by Crippen LogP contribution is 2.13. The van der Waals surface area contributed by atoms with Gasteiger partial charge >= 0.3 is 0 Å². The highest BCUT2D eigenvalue weighted by Gasteiger charge is 2.24. The molecular formula is C19H33IN4O3. The normalized spacial score (nSPS) is 11.5. The number of halogens is 1. The minimum Gasteiger partial charge on any atom is -0.497 e. The molecule has 0 aliphatic rings. The van der Waals surface area contributed by atoms with Gasteiger partial charge in [-0.05, 0) is 44.9 Å². The Morgan fingerprint density at radius 3 is 2.44 bits per heavy atom. The number of methoxy groups -OCH3 is 1. The van der Waals surface area contributed by atoms with Crippen LogP contribution in [0.15, 0.2) is 29.3 Å². The van der Waals surface area contributed by atoms with Gasteiger partial charge in [-0.1, -0.05) is 12.1 Å². The van der Waals surface area contributed by atoms with Crippen molar-refractivity contribution in [2.75, 3.05) is 33.4 Å². The number of carbonyl (C=O) groups is 1. The Kier molecular flexibility index (Phi) is 12.8. The summed E-state index contributed by atoms with van der Waals surface area (Å²) in [6.45, 7) is 8.64. The molecule has 1 amide bonds. The van der Waals surface area contributed by atoms with Crippen LogP contribution in [0.5, 0.6) is 5.75 Å². The number of benzene rings is 1. The topological polar surface area (TPSA) is 98.0 Å². The van der Waals surface area contributed by atoms with E-state index in [0.717, 1.165) is 24.3 Å². The van der Waals surface area contributed by atoms with Crippen molar-refractivity contribution in [3.63, 3.8) is 0 Å². The van der Waals surface area contributed by atoms with Gasteiger partial charge in [-0.3, -0.25) is 4.79 Å². The third kappa shape index (κ3) is 10.4. The Morgan fingerprint density at radius 2 is 1.89 bits per heavy atom. The van der Waals surface area contributed by atoms with Crippen molar-refractivity contribution >= 4 is 35.8 Å². The van der Waals surface area contributed by atoms with E-state index in [2.05, 4.69) is 15.6 Å². The van der Waals surface area contributed by atoms with Crippen molar-refractivity contribution in [1.29, 1.82) is 0 Å². The number of hydrogen-bond acceptors (Lipinski definition) is 4. The van der Waals surface area contributed by atoms with Crippen molar-refractivity contribution in [3.8, 4) is 5.75 Å². The van der Waals surface area contributed by atoms with Crippen molar-refractivity contribution in [1.82, 2.24) is 10.6 Å². The van der Waals surface area contributed by atoms with Gasteiger partial charge in [0.15, 0.2) is 5.96 Å². The van der Waals surface area contributed by atoms with Crippen molar-refractivity contribution < 1.29 is 14.3 Å². The number of rotatable bonds is 11. The minimum absolute atomic E-state index is 0. The lowest BCUT2D eigenvalue weighted by molar-refractivity contribution is -0.125. The maximum absolute atomic E-state index is 11.5. The fourth-order valence-corrected chi connectivity index (χ4v) is 1.99. The minimum atomic E-state index is -0.659. The SMILES string of the molecule is CCOCCCNC(=NCc1ccc(OC)cc1)NCC(C)(C)C(N)=O.I. The van der Waals surface area contributed by atoms with Gasteiger partial charge in [0.25, 0.3) is 0 Å². The van der Waals surface area contributed by atoms with E-state index in [0.29, 0.717) is 32.3 Å². The van der Waals surface area contributed by atoms with Gasteiger partial charge in [0.1, 0.15) is 5.75 Å². The lowest BCUT2D eigenvalue weighted by Crippen LogP contribution is -2.46. The molecule has 27 heavy (non-hydrogen) atoms. The molecule has 0 saturated carbocycles. The first-order chi connectivity index (χ1) is 12.4. The molecule has 0 aromatic heterocycles. The summed E-state index contributed by atoms with van der Waals surface area (Å²) in [4.78, 5) is 16.1. The zero-order valence-corrected chi connectivity index (χ0v) is 19.0. The van der Waals surface area contributed by atoms with Gasteiger partial charge in [-0.2, -0.15) is 0 Å². The van der Waals surface area contributed by atoms with Crippen LogP contribution in [-0.2, 0) is 16.1 Å². The summed E-state index contributed by atoms with van der Waals surface area (Å²) in [5.74, 6) is 1.11. The van der Waals surface area contributed by atoms with Crippen LogP contribution in [0.2, 0.25) is 0 Å². The maximum atomic E-state index is 11.5. The molecule has 0 atom stereocenters. The number of nitrogens with two attached hydrogens (primary N) is 1. The Morgan fingerprint density at radius 1 is 1.22 bits per heavy atom. The molecule has 0 saturated heterocycles. The van der Waals surface area contributed by atoms with E-state index in [1.165, 1.54) is 0 Å². The number of carbonyl (C=O) groups excluding carboxylic acids is 1. The number of hydrogen-bond donors (Lipinski definition) is 3. The van der Waals surface area contributed by atoms with Gasteiger partial charge in [-0.15, -0.1) is 24.0 Å². The summed E-state index contributed by atoms with van der Waals surface area (Å²) in [6, 6.07) is 7.76. The largest absolute Gasteiger partial charge is 0.497 e. The standard InChI is InChI=1S/C19H32N4O3.HI/c1-5-26-12-6-11-21-18(23-14-19(2,3)17(20)24)22-13-15-7-9-16(25-4)10-8-15;/h7-10H,5-6,11-14H2,1-4H3,(H2,20,24)(H2,21,22,23);1H. The zero-order chi connectivity index (χ0) is 19.4. The van der Waals surface area contributed by atoms with E-state index < -0.39 is 5.41 Å². The molecule has 0 spiro atoms. The molecule has 4 N–H and O–H groups in total. The lowest BCUT2D eigenvalue weighted by atomic mass is 9.93. The Bertz CT molecular complexity index is 577. The summed E-state index contributed by atoms with van der Waals surface area (Å²) in [5, 5.41) is 6.46. The third-order valence-electron chi connectivity index (χ3n) is 3.91. The molecular weight excluding hydrogens is 459 g/mol. The van der Waals surface area contributed by atoms with E-state index in [1.54, 1.807) is 21.0 Å². The lowest BCUT2D eigenvalue weighted by Gasteiger charge is -2.22. The van der Waals surface area contributed by atoms with E-state index in [9.17, 15) is 4.79 Å². The maximum Gasteiger partial charge on any atom is 0.224 e. The fourth-order valence-electron chi connectivity index (χ4n) is 1.99. The Labute approximate surface area is 179 Å². The first kappa shape index (κ1) is 25.4. The summed E-state index contributed by atoms with van der Waals surface area (Å²) >= 11 is 0. The predicted octanol–water partition coefficient (Wildman–Crippen LogP) is 2.29. The molecule has 154 valence electrons. The van der Waals surface area contributed by atoms with Gasteiger partial charge in [0, 0.05) is 26.3 Å². The van der Waals surface area contributed by atoms with Crippen molar-refractivity contribution in [2.45, 2.75) is 33.7 Å². The van der Waals surface area contributed by atoms with Crippen LogP contribution in [0.25, 0.3) is 0 Å². The van der Waals surface area contributed by atoms with Crippen LogP contribution < -0.4 is 21.1 Å². The molecule has 7 nitrogen and oxygen atoms in total. The summed E-state index contributed by atoms with van der Waals surface area (Å²) in [6.07, 6.45) is 0.871. The van der Waals surface area contributed by atoms with E-state index in [4.69, 9.17) is 15.2 Å². The molecule has 0 radical (unpaired) electrons. The smallest absolute Gasteiger partial charge is 0.224 e. The van der Waals surface area contributed by atoms with Gasteiger partial charge in [0.2, 0.25) is 5.91 Å². The average molecular weight is 492 g/mol. The number of ether oxygens (including phenoxy) is 2. The molecule has 0 aliphatic carbocycles. The predicted molar refractivity (Wildman–Crippen MR) is 120 cm³/mol. The van der Waals surface area contributed by atoms with Gasteiger partial charge < -0.3 is 25.8 Å². The first-order valence-corrected chi connectivity index (χ1v) is 8.92. The van der Waals surface area contributed by atoms with E-state index >= 15 is 0 Å². The molecule has 0 bridgehead atoms. The second-order valence-corrected chi connectivity index (χ2v) is 6.59. The number of nitrogens with one attached hydrogen (secondary N) is 2. The second kappa shape index (κ2) is 13.6.